The van der Waals surface area contributed by atoms with Crippen molar-refractivity contribution >= 4 is 44.3 Å². The smallest absolute Gasteiger partial charge is 0.344 e. The van der Waals surface area contributed by atoms with E-state index in [1.54, 1.807) is 12.1 Å². The van der Waals surface area contributed by atoms with Crippen LogP contribution in [0.2, 0.25) is 0 Å². The highest BCUT2D eigenvalue weighted by molar-refractivity contribution is 14.1. The van der Waals surface area contributed by atoms with Crippen LogP contribution in [0.15, 0.2) is 22.6 Å². The number of hydrogen-bond acceptors (Lipinski definition) is 3. The molecular weight excluding hydrogens is 317 g/mol. The van der Waals surface area contributed by atoms with E-state index in [-0.39, 0.29) is 5.84 Å². The molecule has 0 spiro atoms. The van der Waals surface area contributed by atoms with Crippen molar-refractivity contribution in [3.05, 3.63) is 27.3 Å². The first-order chi connectivity index (χ1) is 6.48. The van der Waals surface area contributed by atoms with Gasteiger partial charge in [0.25, 0.3) is 0 Å². The molecule has 5 nitrogen and oxygen atoms in total. The number of nitrogens with zero attached hydrogens (tertiary/aromatic N) is 1. The van der Waals surface area contributed by atoms with Crippen LogP contribution in [-0.4, -0.2) is 14.3 Å². The molecule has 0 fully saturated rings. The fourth-order valence-electron chi connectivity index (χ4n) is 1.16. The Morgan fingerprint density at radius 3 is 2.86 bits per heavy atom. The van der Waals surface area contributed by atoms with E-state index in [4.69, 9.17) is 5.73 Å². The predicted molar refractivity (Wildman–Crippen MR) is 62.4 cm³/mol. The van der Waals surface area contributed by atoms with Crippen LogP contribution in [0.1, 0.15) is 5.56 Å². The highest BCUT2D eigenvalue weighted by Gasteiger charge is 2.20. The first-order valence-electron chi connectivity index (χ1n) is 3.66. The average Bonchev–Trinajstić information content (AvgIpc) is 2.00. The van der Waals surface area contributed by atoms with Crippen LogP contribution in [-0.2, 0) is 10.2 Å². The quantitative estimate of drug-likeness (QED) is 0.688. The van der Waals surface area contributed by atoms with Crippen molar-refractivity contribution in [1.82, 2.24) is 0 Å². The van der Waals surface area contributed by atoms with Gasteiger partial charge in [-0.1, -0.05) is 0 Å². The molecule has 7 heteroatoms. The van der Waals surface area contributed by atoms with E-state index in [1.165, 1.54) is 0 Å². The van der Waals surface area contributed by atoms with Gasteiger partial charge in [-0.15, -0.1) is 4.40 Å². The number of benzene rings is 1. The molecule has 74 valence electrons. The minimum absolute atomic E-state index is 0.0233. The minimum atomic E-state index is -3.65. The Labute approximate surface area is 94.7 Å². The number of nitrogens with two attached hydrogens (primary N) is 1. The molecular formula is C7H6IN3O2S. The molecule has 14 heavy (non-hydrogen) atoms. The summed E-state index contributed by atoms with van der Waals surface area (Å²) in [4.78, 5) is 0. The molecule has 0 amide bonds. The molecule has 2 rings (SSSR count). The third-order valence-electron chi connectivity index (χ3n) is 1.72. The van der Waals surface area contributed by atoms with Gasteiger partial charge in [0.2, 0.25) is 0 Å². The monoisotopic (exact) mass is 323 g/mol. The number of amidine groups is 1. The largest absolute Gasteiger partial charge is 0.382 e. The van der Waals surface area contributed by atoms with Gasteiger partial charge in [0.05, 0.1) is 5.69 Å². The highest BCUT2D eigenvalue weighted by atomic mass is 127. The summed E-state index contributed by atoms with van der Waals surface area (Å²) in [5.41, 5.74) is 6.59. The summed E-state index contributed by atoms with van der Waals surface area (Å²) in [6.45, 7) is 0. The van der Waals surface area contributed by atoms with Crippen molar-refractivity contribution in [3.63, 3.8) is 0 Å². The van der Waals surface area contributed by atoms with Gasteiger partial charge in [-0.25, -0.2) is 0 Å². The van der Waals surface area contributed by atoms with Gasteiger partial charge in [-0.05, 0) is 40.8 Å². The maximum absolute atomic E-state index is 11.2. The van der Waals surface area contributed by atoms with Crippen LogP contribution in [0.3, 0.4) is 0 Å². The van der Waals surface area contributed by atoms with E-state index in [1.807, 2.05) is 6.07 Å². The van der Waals surface area contributed by atoms with Crippen molar-refractivity contribution in [3.8, 4) is 0 Å². The molecule has 1 aliphatic heterocycles. The standard InChI is InChI=1S/C7H6IN3O2S/c8-4-1-2-5-6(3-4)10-14(12,13)11-7(5)9/h1-3,10H,(H2,9,11). The lowest BCUT2D eigenvalue weighted by Gasteiger charge is -2.15. The van der Waals surface area contributed by atoms with E-state index in [9.17, 15) is 8.42 Å². The van der Waals surface area contributed by atoms with Gasteiger partial charge in [-0.3, -0.25) is 4.72 Å². The van der Waals surface area contributed by atoms with E-state index in [0.717, 1.165) is 3.57 Å². The summed E-state index contributed by atoms with van der Waals surface area (Å²) in [5.74, 6) is 0.0233. The fourth-order valence-corrected chi connectivity index (χ4v) is 2.51. The average molecular weight is 323 g/mol. The van der Waals surface area contributed by atoms with Crippen molar-refractivity contribution in [2.75, 3.05) is 4.72 Å². The first-order valence-corrected chi connectivity index (χ1v) is 6.18. The zero-order chi connectivity index (χ0) is 10.3. The van der Waals surface area contributed by atoms with Gasteiger partial charge in [0.15, 0.2) is 0 Å². The maximum Gasteiger partial charge on any atom is 0.344 e. The summed E-state index contributed by atoms with van der Waals surface area (Å²) in [7, 11) is -3.65. The lowest BCUT2D eigenvalue weighted by molar-refractivity contribution is 0.602. The van der Waals surface area contributed by atoms with Gasteiger partial charge in [-0.2, -0.15) is 8.42 Å². The molecule has 0 radical (unpaired) electrons. The van der Waals surface area contributed by atoms with E-state index in [0.29, 0.717) is 11.3 Å². The molecule has 1 aromatic carbocycles. The Balaban J connectivity index is 2.68. The van der Waals surface area contributed by atoms with Crippen LogP contribution < -0.4 is 10.5 Å². The summed E-state index contributed by atoms with van der Waals surface area (Å²) < 4.78 is 28.9. The molecule has 0 aromatic heterocycles. The van der Waals surface area contributed by atoms with E-state index >= 15 is 0 Å². The number of halogens is 1. The Bertz CT molecular complexity index is 524. The van der Waals surface area contributed by atoms with Crippen molar-refractivity contribution < 1.29 is 8.42 Å². The zero-order valence-electron chi connectivity index (χ0n) is 6.86. The molecule has 0 saturated heterocycles. The number of nitrogens with one attached hydrogen (secondary N) is 1. The van der Waals surface area contributed by atoms with Crippen LogP contribution >= 0.6 is 22.6 Å². The second-order valence-electron chi connectivity index (χ2n) is 2.74. The molecule has 0 unspecified atom stereocenters. The van der Waals surface area contributed by atoms with Crippen molar-refractivity contribution in [2.45, 2.75) is 0 Å². The normalized spacial score (nSPS) is 17.9. The lowest BCUT2D eigenvalue weighted by atomic mass is 10.2. The summed E-state index contributed by atoms with van der Waals surface area (Å²) >= 11 is 2.09. The number of rotatable bonds is 0. The molecule has 1 aromatic rings. The van der Waals surface area contributed by atoms with E-state index in [2.05, 4.69) is 31.7 Å². The molecule has 0 bridgehead atoms. The highest BCUT2D eigenvalue weighted by Crippen LogP contribution is 2.23. The van der Waals surface area contributed by atoms with Crippen molar-refractivity contribution in [1.29, 1.82) is 0 Å². The molecule has 0 saturated carbocycles. The zero-order valence-corrected chi connectivity index (χ0v) is 9.83. The fraction of sp³-hybridized carbons (Fsp3) is 0. The SMILES string of the molecule is NC1=NS(=O)(=O)Nc2cc(I)ccc21. The van der Waals surface area contributed by atoms with Crippen molar-refractivity contribution in [2.24, 2.45) is 10.1 Å². The first kappa shape index (κ1) is 9.71. The van der Waals surface area contributed by atoms with Crippen LogP contribution in [0, 0.1) is 3.57 Å². The molecule has 1 aliphatic rings. The second-order valence-corrected chi connectivity index (χ2v) is 5.33. The van der Waals surface area contributed by atoms with Gasteiger partial charge < -0.3 is 5.73 Å². The Morgan fingerprint density at radius 2 is 2.14 bits per heavy atom. The number of anilines is 1. The van der Waals surface area contributed by atoms with Crippen LogP contribution in [0.25, 0.3) is 0 Å². The van der Waals surface area contributed by atoms with Crippen LogP contribution in [0.4, 0.5) is 5.69 Å². The Kier molecular flexibility index (Phi) is 2.14. The second kappa shape index (κ2) is 3.09. The van der Waals surface area contributed by atoms with Gasteiger partial charge in [0.1, 0.15) is 5.84 Å². The lowest BCUT2D eigenvalue weighted by Crippen LogP contribution is -2.26. The molecule has 0 aliphatic carbocycles. The Morgan fingerprint density at radius 1 is 1.43 bits per heavy atom. The van der Waals surface area contributed by atoms with Crippen LogP contribution in [0.5, 0.6) is 0 Å². The van der Waals surface area contributed by atoms with Gasteiger partial charge >= 0.3 is 10.2 Å². The van der Waals surface area contributed by atoms with Gasteiger partial charge in [0, 0.05) is 9.13 Å². The van der Waals surface area contributed by atoms with E-state index < -0.39 is 10.2 Å². The molecule has 0 atom stereocenters. The predicted octanol–water partition coefficient (Wildman–Crippen LogP) is 0.667. The molecule has 3 N–H and O–H groups in total. The summed E-state index contributed by atoms with van der Waals surface area (Å²) in [5, 5.41) is 0. The summed E-state index contributed by atoms with van der Waals surface area (Å²) in [6.07, 6.45) is 0. The number of hydrogen-bond donors (Lipinski definition) is 2. The third-order valence-corrected chi connectivity index (χ3v) is 3.30. The minimum Gasteiger partial charge on any atom is -0.382 e. The summed E-state index contributed by atoms with van der Waals surface area (Å²) in [6, 6.07) is 5.27. The molecule has 1 heterocycles. The topological polar surface area (TPSA) is 84.5 Å². The number of fused-ring (bicyclic) bond motifs is 1. The third kappa shape index (κ3) is 1.69. The Hall–Kier alpha value is -0.830. The maximum atomic E-state index is 11.2.